The van der Waals surface area contributed by atoms with Crippen LogP contribution >= 0.6 is 0 Å². The summed E-state index contributed by atoms with van der Waals surface area (Å²) >= 11 is 0. The highest BCUT2D eigenvalue weighted by molar-refractivity contribution is 5.72. The van der Waals surface area contributed by atoms with Gasteiger partial charge in [0.05, 0.1) is 19.2 Å². The minimum Gasteiger partial charge on any atom is -0.487 e. The Hall–Kier alpha value is -2.49. The van der Waals surface area contributed by atoms with Gasteiger partial charge in [0.1, 0.15) is 12.4 Å². The van der Waals surface area contributed by atoms with Crippen LogP contribution in [0.2, 0.25) is 0 Å². The number of esters is 1. The fraction of sp³-hybridized carbons (Fsp3) is 0.188. The Kier molecular flexibility index (Phi) is 4.60. The average molecular weight is 271 g/mol. The summed E-state index contributed by atoms with van der Waals surface area (Å²) in [7, 11) is 1.38. The normalized spacial score (nSPS) is 10.1. The molecular formula is C16H17NO3. The second-order valence-corrected chi connectivity index (χ2v) is 4.35. The molecule has 0 radical (unpaired) electrons. The maximum absolute atomic E-state index is 11.4. The van der Waals surface area contributed by atoms with Crippen LogP contribution in [0, 0.1) is 0 Å². The minimum atomic E-state index is -0.267. The molecule has 2 rings (SSSR count). The number of rotatable bonds is 5. The van der Waals surface area contributed by atoms with Crippen LogP contribution < -0.4 is 10.5 Å². The van der Waals surface area contributed by atoms with Gasteiger partial charge in [-0.1, -0.05) is 36.4 Å². The molecule has 20 heavy (non-hydrogen) atoms. The SMILES string of the molecule is COC(=O)Cc1ccccc1COc1ccccc1N. The summed E-state index contributed by atoms with van der Waals surface area (Å²) in [6.45, 7) is 0.362. The van der Waals surface area contributed by atoms with E-state index in [1.165, 1.54) is 7.11 Å². The largest absolute Gasteiger partial charge is 0.487 e. The van der Waals surface area contributed by atoms with E-state index in [2.05, 4.69) is 0 Å². The molecule has 2 aromatic carbocycles. The number of hydrogen-bond donors (Lipinski definition) is 1. The third-order valence-electron chi connectivity index (χ3n) is 2.98. The molecule has 0 saturated carbocycles. The number of nitrogen functional groups attached to an aromatic ring is 1. The number of hydrogen-bond acceptors (Lipinski definition) is 4. The van der Waals surface area contributed by atoms with Gasteiger partial charge in [-0.2, -0.15) is 0 Å². The summed E-state index contributed by atoms with van der Waals surface area (Å²) in [5.74, 6) is 0.372. The molecule has 0 saturated heterocycles. The number of anilines is 1. The van der Waals surface area contributed by atoms with E-state index in [0.29, 0.717) is 18.0 Å². The van der Waals surface area contributed by atoms with E-state index < -0.39 is 0 Å². The van der Waals surface area contributed by atoms with Gasteiger partial charge >= 0.3 is 5.97 Å². The Morgan fingerprint density at radius 2 is 1.70 bits per heavy atom. The van der Waals surface area contributed by atoms with Gasteiger partial charge in [-0.3, -0.25) is 4.79 Å². The molecular weight excluding hydrogens is 254 g/mol. The standard InChI is InChI=1S/C16H17NO3/c1-19-16(18)10-12-6-2-3-7-13(12)11-20-15-9-5-4-8-14(15)17/h2-9H,10-11,17H2,1H3. The number of carbonyl (C=O) groups excluding carboxylic acids is 1. The van der Waals surface area contributed by atoms with Crippen LogP contribution in [0.3, 0.4) is 0 Å². The van der Waals surface area contributed by atoms with Crippen LogP contribution in [0.5, 0.6) is 5.75 Å². The zero-order valence-electron chi connectivity index (χ0n) is 11.3. The zero-order chi connectivity index (χ0) is 14.4. The highest BCUT2D eigenvalue weighted by atomic mass is 16.5. The molecule has 0 bridgehead atoms. The van der Waals surface area contributed by atoms with Gasteiger partial charge in [0, 0.05) is 0 Å². The van der Waals surface area contributed by atoms with Gasteiger partial charge in [-0.05, 0) is 23.3 Å². The molecule has 104 valence electrons. The van der Waals surface area contributed by atoms with Crippen LogP contribution in [-0.2, 0) is 22.6 Å². The topological polar surface area (TPSA) is 61.5 Å². The van der Waals surface area contributed by atoms with Gasteiger partial charge in [0.25, 0.3) is 0 Å². The second kappa shape index (κ2) is 6.61. The van der Waals surface area contributed by atoms with Crippen molar-refractivity contribution >= 4 is 11.7 Å². The fourth-order valence-corrected chi connectivity index (χ4v) is 1.87. The Morgan fingerprint density at radius 3 is 2.40 bits per heavy atom. The first kappa shape index (κ1) is 13.9. The first-order chi connectivity index (χ1) is 9.70. The quantitative estimate of drug-likeness (QED) is 0.670. The molecule has 0 fully saturated rings. The van der Waals surface area contributed by atoms with Crippen LogP contribution in [0.25, 0.3) is 0 Å². The lowest BCUT2D eigenvalue weighted by Gasteiger charge is -2.11. The summed E-state index contributed by atoms with van der Waals surface area (Å²) in [5, 5.41) is 0. The maximum Gasteiger partial charge on any atom is 0.309 e. The molecule has 4 heteroatoms. The molecule has 0 amide bonds. The summed E-state index contributed by atoms with van der Waals surface area (Å²) in [6, 6.07) is 14.9. The lowest BCUT2D eigenvalue weighted by Crippen LogP contribution is -2.08. The molecule has 2 N–H and O–H groups in total. The number of nitrogens with two attached hydrogens (primary N) is 1. The van der Waals surface area contributed by atoms with E-state index in [-0.39, 0.29) is 12.4 Å². The van der Waals surface area contributed by atoms with Gasteiger partial charge in [0.15, 0.2) is 0 Å². The van der Waals surface area contributed by atoms with Crippen molar-refractivity contribution in [2.45, 2.75) is 13.0 Å². The number of carbonyl (C=O) groups is 1. The van der Waals surface area contributed by atoms with Gasteiger partial charge in [0.2, 0.25) is 0 Å². The molecule has 0 spiro atoms. The van der Waals surface area contributed by atoms with Gasteiger partial charge in [-0.25, -0.2) is 0 Å². The van der Waals surface area contributed by atoms with Crippen molar-refractivity contribution < 1.29 is 14.3 Å². The van der Waals surface area contributed by atoms with Crippen molar-refractivity contribution in [3.8, 4) is 5.75 Å². The van der Waals surface area contributed by atoms with Crippen molar-refractivity contribution in [1.29, 1.82) is 0 Å². The molecule has 0 aliphatic rings. The number of benzene rings is 2. The van der Waals surface area contributed by atoms with Crippen molar-refractivity contribution in [2.75, 3.05) is 12.8 Å². The molecule has 0 aromatic heterocycles. The molecule has 0 atom stereocenters. The maximum atomic E-state index is 11.4. The Labute approximate surface area is 118 Å². The van der Waals surface area contributed by atoms with E-state index >= 15 is 0 Å². The van der Waals surface area contributed by atoms with Crippen LogP contribution in [-0.4, -0.2) is 13.1 Å². The molecule has 4 nitrogen and oxygen atoms in total. The van der Waals surface area contributed by atoms with Crippen LogP contribution in [0.15, 0.2) is 48.5 Å². The molecule has 0 unspecified atom stereocenters. The lowest BCUT2D eigenvalue weighted by molar-refractivity contribution is -0.139. The fourth-order valence-electron chi connectivity index (χ4n) is 1.87. The Balaban J connectivity index is 2.10. The molecule has 2 aromatic rings. The smallest absolute Gasteiger partial charge is 0.309 e. The van der Waals surface area contributed by atoms with E-state index in [9.17, 15) is 4.79 Å². The van der Waals surface area contributed by atoms with E-state index in [1.807, 2.05) is 42.5 Å². The summed E-state index contributed by atoms with van der Waals surface area (Å²) in [6.07, 6.45) is 0.236. The third kappa shape index (κ3) is 3.51. The van der Waals surface area contributed by atoms with Gasteiger partial charge < -0.3 is 15.2 Å². The van der Waals surface area contributed by atoms with Crippen molar-refractivity contribution in [2.24, 2.45) is 0 Å². The summed E-state index contributed by atoms with van der Waals surface area (Å²) in [4.78, 5) is 11.4. The zero-order valence-corrected chi connectivity index (χ0v) is 11.3. The van der Waals surface area contributed by atoms with E-state index in [4.69, 9.17) is 15.2 Å². The number of methoxy groups -OCH3 is 1. The molecule has 0 aliphatic carbocycles. The minimum absolute atomic E-state index is 0.236. The predicted octanol–water partition coefficient (Wildman–Crippen LogP) is 2.56. The first-order valence-electron chi connectivity index (χ1n) is 6.31. The van der Waals surface area contributed by atoms with Crippen molar-refractivity contribution in [3.05, 3.63) is 59.7 Å². The van der Waals surface area contributed by atoms with Crippen molar-refractivity contribution in [3.63, 3.8) is 0 Å². The van der Waals surface area contributed by atoms with E-state index in [1.54, 1.807) is 6.07 Å². The predicted molar refractivity (Wildman–Crippen MR) is 77.3 cm³/mol. The summed E-state index contributed by atoms with van der Waals surface area (Å²) in [5.41, 5.74) is 8.26. The monoisotopic (exact) mass is 271 g/mol. The van der Waals surface area contributed by atoms with Crippen LogP contribution in [0.4, 0.5) is 5.69 Å². The number of ether oxygens (including phenoxy) is 2. The molecule has 0 heterocycles. The lowest BCUT2D eigenvalue weighted by atomic mass is 10.1. The van der Waals surface area contributed by atoms with Crippen LogP contribution in [0.1, 0.15) is 11.1 Å². The Bertz CT molecular complexity index is 596. The molecule has 0 aliphatic heterocycles. The second-order valence-electron chi connectivity index (χ2n) is 4.35. The highest BCUT2D eigenvalue weighted by Crippen LogP contribution is 2.22. The third-order valence-corrected chi connectivity index (χ3v) is 2.98. The van der Waals surface area contributed by atoms with Crippen molar-refractivity contribution in [1.82, 2.24) is 0 Å². The number of para-hydroxylation sites is 2. The van der Waals surface area contributed by atoms with E-state index in [0.717, 1.165) is 11.1 Å². The Morgan fingerprint density at radius 1 is 1.05 bits per heavy atom. The first-order valence-corrected chi connectivity index (χ1v) is 6.31. The average Bonchev–Trinajstić information content (AvgIpc) is 2.47. The summed E-state index contributed by atoms with van der Waals surface area (Å²) < 4.78 is 10.4. The van der Waals surface area contributed by atoms with Gasteiger partial charge in [-0.15, -0.1) is 0 Å². The highest BCUT2D eigenvalue weighted by Gasteiger charge is 2.08.